The van der Waals surface area contributed by atoms with Gasteiger partial charge in [-0.1, -0.05) is 57.9 Å². The first-order chi connectivity index (χ1) is 9.78. The Hall–Kier alpha value is -1.41. The van der Waals surface area contributed by atoms with Gasteiger partial charge in [0.1, 0.15) is 0 Å². The predicted molar refractivity (Wildman–Crippen MR) is 86.8 cm³/mol. The van der Waals surface area contributed by atoms with Gasteiger partial charge in [0.25, 0.3) is 0 Å². The van der Waals surface area contributed by atoms with E-state index in [9.17, 15) is 0 Å². The van der Waals surface area contributed by atoms with E-state index in [1.807, 2.05) is 0 Å². The molecule has 1 atom stereocenters. The van der Waals surface area contributed by atoms with Gasteiger partial charge >= 0.3 is 0 Å². The van der Waals surface area contributed by atoms with Crippen molar-refractivity contribution in [3.8, 4) is 0 Å². The minimum absolute atomic E-state index is 0.370. The molecule has 0 saturated heterocycles. The Balaban J connectivity index is 2.25. The normalized spacial score (nSPS) is 13.0. The van der Waals surface area contributed by atoms with E-state index in [1.54, 1.807) is 0 Å². The Bertz CT molecular complexity index is 532. The third-order valence-corrected chi connectivity index (χ3v) is 4.15. The first-order valence-corrected chi connectivity index (χ1v) is 7.87. The van der Waals surface area contributed by atoms with Gasteiger partial charge in [-0.3, -0.25) is 4.98 Å². The molecule has 0 radical (unpaired) electrons. The van der Waals surface area contributed by atoms with E-state index in [4.69, 9.17) is 4.98 Å². The summed E-state index contributed by atoms with van der Waals surface area (Å²) in [6, 6.07) is 13.1. The number of pyridine rings is 1. The molecule has 0 aliphatic heterocycles. The van der Waals surface area contributed by atoms with Gasteiger partial charge in [-0.25, -0.2) is 0 Å². The van der Waals surface area contributed by atoms with Crippen molar-refractivity contribution in [2.75, 3.05) is 6.54 Å². The zero-order chi connectivity index (χ0) is 14.4. The molecule has 2 rings (SSSR count). The number of hydrogen-bond donors (Lipinski definition) is 1. The van der Waals surface area contributed by atoms with Gasteiger partial charge in [-0.2, -0.15) is 0 Å². The van der Waals surface area contributed by atoms with Crippen LogP contribution in [-0.4, -0.2) is 11.5 Å². The van der Waals surface area contributed by atoms with E-state index >= 15 is 0 Å². The molecule has 108 valence electrons. The summed E-state index contributed by atoms with van der Waals surface area (Å²) >= 11 is 0. The summed E-state index contributed by atoms with van der Waals surface area (Å²) in [4.78, 5) is 4.85. The molecule has 20 heavy (non-hydrogen) atoms. The molecule has 0 fully saturated rings. The molecule has 1 N–H and O–H groups in total. The van der Waals surface area contributed by atoms with Gasteiger partial charge < -0.3 is 5.32 Å². The molecule has 2 aromatic rings. The molecule has 1 unspecified atom stereocenters. The Morgan fingerprint density at radius 2 is 1.75 bits per heavy atom. The Labute approximate surface area is 122 Å². The molecule has 0 aliphatic carbocycles. The Kier molecular flexibility index (Phi) is 5.54. The molecule has 0 spiro atoms. The highest BCUT2D eigenvalue weighted by molar-refractivity contribution is 5.78. The quantitative estimate of drug-likeness (QED) is 0.788. The van der Waals surface area contributed by atoms with Crippen LogP contribution in [0.2, 0.25) is 0 Å². The molecule has 2 nitrogen and oxygen atoms in total. The molecule has 0 saturated carbocycles. The lowest BCUT2D eigenvalue weighted by atomic mass is 9.93. The number of benzene rings is 1. The SMILES string of the molecule is CCNC(CC(CC)CC)c1ccc2ccccc2n1. The summed E-state index contributed by atoms with van der Waals surface area (Å²) in [7, 11) is 0. The summed E-state index contributed by atoms with van der Waals surface area (Å²) in [6.45, 7) is 7.72. The maximum atomic E-state index is 4.85. The van der Waals surface area contributed by atoms with Crippen LogP contribution in [0.1, 0.15) is 51.8 Å². The molecule has 1 aromatic carbocycles. The second-order valence-corrected chi connectivity index (χ2v) is 5.46. The van der Waals surface area contributed by atoms with E-state index in [-0.39, 0.29) is 0 Å². The Morgan fingerprint density at radius 3 is 2.45 bits per heavy atom. The average molecular weight is 270 g/mol. The van der Waals surface area contributed by atoms with Gasteiger partial charge in [0.2, 0.25) is 0 Å². The fourth-order valence-corrected chi connectivity index (χ4v) is 2.79. The van der Waals surface area contributed by atoms with Gasteiger partial charge in [0, 0.05) is 11.4 Å². The van der Waals surface area contributed by atoms with Gasteiger partial charge in [0.05, 0.1) is 11.2 Å². The summed E-state index contributed by atoms with van der Waals surface area (Å²) in [6.07, 6.45) is 3.66. The fraction of sp³-hybridized carbons (Fsp3) is 0.500. The van der Waals surface area contributed by atoms with Crippen LogP contribution in [0.4, 0.5) is 0 Å². The molecule has 2 heteroatoms. The third kappa shape index (κ3) is 3.57. The van der Waals surface area contributed by atoms with E-state index < -0.39 is 0 Å². The van der Waals surface area contributed by atoms with Crippen LogP contribution in [0.25, 0.3) is 10.9 Å². The van der Waals surface area contributed by atoms with Crippen molar-refractivity contribution in [2.24, 2.45) is 5.92 Å². The summed E-state index contributed by atoms with van der Waals surface area (Å²) in [5, 5.41) is 4.82. The van der Waals surface area contributed by atoms with Crippen LogP contribution in [-0.2, 0) is 0 Å². The summed E-state index contributed by atoms with van der Waals surface area (Å²) in [5.41, 5.74) is 2.27. The first kappa shape index (κ1) is 15.0. The number of nitrogens with one attached hydrogen (secondary N) is 1. The number of hydrogen-bond acceptors (Lipinski definition) is 2. The van der Waals surface area contributed by atoms with Crippen molar-refractivity contribution < 1.29 is 0 Å². The van der Waals surface area contributed by atoms with Crippen LogP contribution in [0, 0.1) is 5.92 Å². The monoisotopic (exact) mass is 270 g/mol. The topological polar surface area (TPSA) is 24.9 Å². The van der Waals surface area contributed by atoms with Crippen molar-refractivity contribution in [1.29, 1.82) is 0 Å². The van der Waals surface area contributed by atoms with Crippen LogP contribution < -0.4 is 5.32 Å². The van der Waals surface area contributed by atoms with Crippen molar-refractivity contribution in [1.82, 2.24) is 10.3 Å². The maximum Gasteiger partial charge on any atom is 0.0706 e. The van der Waals surface area contributed by atoms with Gasteiger partial charge in [-0.05, 0) is 31.0 Å². The minimum Gasteiger partial charge on any atom is -0.309 e. The van der Waals surface area contributed by atoms with E-state index in [1.165, 1.54) is 30.3 Å². The van der Waals surface area contributed by atoms with E-state index in [0.717, 1.165) is 18.0 Å². The molecule has 0 aliphatic rings. The molecular formula is C18H26N2. The summed E-state index contributed by atoms with van der Waals surface area (Å²) in [5.74, 6) is 0.771. The molecule has 1 heterocycles. The number of rotatable bonds is 7. The predicted octanol–water partition coefficient (Wildman–Crippen LogP) is 4.71. The second-order valence-electron chi connectivity index (χ2n) is 5.46. The number of nitrogens with zero attached hydrogens (tertiary/aromatic N) is 1. The average Bonchev–Trinajstić information content (AvgIpc) is 2.51. The lowest BCUT2D eigenvalue weighted by Gasteiger charge is -2.22. The van der Waals surface area contributed by atoms with Crippen molar-refractivity contribution in [3.05, 3.63) is 42.1 Å². The molecule has 0 amide bonds. The zero-order valence-corrected chi connectivity index (χ0v) is 12.9. The van der Waals surface area contributed by atoms with Crippen LogP contribution in [0.3, 0.4) is 0 Å². The largest absolute Gasteiger partial charge is 0.309 e. The number of fused-ring (bicyclic) bond motifs is 1. The van der Waals surface area contributed by atoms with E-state index in [0.29, 0.717) is 6.04 Å². The van der Waals surface area contributed by atoms with E-state index in [2.05, 4.69) is 62.5 Å². The standard InChI is InChI=1S/C18H26N2/c1-4-14(5-2)13-18(19-6-3)17-12-11-15-9-7-8-10-16(15)20-17/h7-12,14,18-19H,4-6,13H2,1-3H3. The van der Waals surface area contributed by atoms with Crippen molar-refractivity contribution in [2.45, 2.75) is 46.1 Å². The van der Waals surface area contributed by atoms with Crippen LogP contribution in [0.15, 0.2) is 36.4 Å². The van der Waals surface area contributed by atoms with Crippen LogP contribution in [0.5, 0.6) is 0 Å². The third-order valence-electron chi connectivity index (χ3n) is 4.15. The smallest absolute Gasteiger partial charge is 0.0706 e. The molecule has 0 bridgehead atoms. The van der Waals surface area contributed by atoms with Gasteiger partial charge in [0.15, 0.2) is 0 Å². The Morgan fingerprint density at radius 1 is 1.00 bits per heavy atom. The number of para-hydroxylation sites is 1. The lowest BCUT2D eigenvalue weighted by molar-refractivity contribution is 0.371. The maximum absolute atomic E-state index is 4.85. The highest BCUT2D eigenvalue weighted by atomic mass is 14.9. The molecular weight excluding hydrogens is 244 g/mol. The first-order valence-electron chi connectivity index (χ1n) is 7.87. The zero-order valence-electron chi connectivity index (χ0n) is 12.9. The van der Waals surface area contributed by atoms with Crippen LogP contribution >= 0.6 is 0 Å². The summed E-state index contributed by atoms with van der Waals surface area (Å²) < 4.78 is 0. The van der Waals surface area contributed by atoms with Crippen molar-refractivity contribution in [3.63, 3.8) is 0 Å². The number of aromatic nitrogens is 1. The van der Waals surface area contributed by atoms with Gasteiger partial charge in [-0.15, -0.1) is 0 Å². The lowest BCUT2D eigenvalue weighted by Crippen LogP contribution is -2.24. The molecule has 1 aromatic heterocycles. The second kappa shape index (κ2) is 7.39. The fourth-order valence-electron chi connectivity index (χ4n) is 2.79. The highest BCUT2D eigenvalue weighted by Crippen LogP contribution is 2.25. The minimum atomic E-state index is 0.370. The highest BCUT2D eigenvalue weighted by Gasteiger charge is 2.16. The van der Waals surface area contributed by atoms with Crippen molar-refractivity contribution >= 4 is 10.9 Å².